The molecule has 0 unspecified atom stereocenters. The van der Waals surface area contributed by atoms with Crippen molar-refractivity contribution < 1.29 is 9.53 Å². The monoisotopic (exact) mass is 284 g/mol. The van der Waals surface area contributed by atoms with Gasteiger partial charge in [0.25, 0.3) is 5.91 Å². The largest absolute Gasteiger partial charge is 0.383 e. The summed E-state index contributed by atoms with van der Waals surface area (Å²) >= 11 is 3.21. The van der Waals surface area contributed by atoms with E-state index in [1.54, 1.807) is 29.8 Å². The van der Waals surface area contributed by atoms with Crippen molar-refractivity contribution in [1.29, 1.82) is 0 Å². The van der Waals surface area contributed by atoms with Crippen LogP contribution in [0.2, 0.25) is 0 Å². The fraction of sp³-hybridized carbons (Fsp3) is 0.417. The van der Waals surface area contributed by atoms with E-state index in [1.807, 2.05) is 17.5 Å². The van der Waals surface area contributed by atoms with Crippen LogP contribution in [0.5, 0.6) is 0 Å². The van der Waals surface area contributed by atoms with Crippen molar-refractivity contribution in [3.8, 4) is 0 Å². The lowest BCUT2D eigenvalue weighted by atomic mass is 10.4. The average Bonchev–Trinajstić information content (AvgIpc) is 2.93. The van der Waals surface area contributed by atoms with Crippen molar-refractivity contribution in [3.63, 3.8) is 0 Å². The van der Waals surface area contributed by atoms with Crippen LogP contribution in [-0.2, 0) is 4.74 Å². The molecule has 0 saturated carbocycles. The van der Waals surface area contributed by atoms with Crippen molar-refractivity contribution in [1.82, 2.24) is 10.6 Å². The molecule has 1 amide bonds. The minimum absolute atomic E-state index is 0.0111. The predicted molar refractivity (Wildman–Crippen MR) is 76.8 cm³/mol. The molecular weight excluding hydrogens is 268 g/mol. The fourth-order valence-corrected chi connectivity index (χ4v) is 3.55. The highest BCUT2D eigenvalue weighted by atomic mass is 32.1. The van der Waals surface area contributed by atoms with E-state index >= 15 is 0 Å². The predicted octanol–water partition coefficient (Wildman–Crippen LogP) is 1.93. The van der Waals surface area contributed by atoms with Gasteiger partial charge in [-0.1, -0.05) is 0 Å². The number of carbonyl (C=O) groups is 1. The van der Waals surface area contributed by atoms with Crippen LogP contribution in [0.4, 0.5) is 0 Å². The van der Waals surface area contributed by atoms with Gasteiger partial charge in [0.05, 0.1) is 11.5 Å². The lowest BCUT2D eigenvalue weighted by Gasteiger charge is -2.05. The van der Waals surface area contributed by atoms with Crippen LogP contribution in [0.15, 0.2) is 17.5 Å². The van der Waals surface area contributed by atoms with Gasteiger partial charge in [-0.05, 0) is 17.5 Å². The van der Waals surface area contributed by atoms with E-state index < -0.39 is 0 Å². The van der Waals surface area contributed by atoms with E-state index in [1.165, 1.54) is 9.40 Å². The summed E-state index contributed by atoms with van der Waals surface area (Å²) in [5, 5.41) is 8.12. The first-order valence-electron chi connectivity index (χ1n) is 5.76. The normalized spacial score (nSPS) is 10.9. The summed E-state index contributed by atoms with van der Waals surface area (Å²) in [6, 6.07) is 4.01. The van der Waals surface area contributed by atoms with Gasteiger partial charge >= 0.3 is 0 Å². The number of hydrogen-bond acceptors (Lipinski definition) is 5. The zero-order valence-electron chi connectivity index (χ0n) is 10.2. The Morgan fingerprint density at radius 2 is 2.22 bits per heavy atom. The second-order valence-electron chi connectivity index (χ2n) is 3.76. The Morgan fingerprint density at radius 3 is 3.00 bits per heavy atom. The van der Waals surface area contributed by atoms with E-state index in [-0.39, 0.29) is 5.91 Å². The molecule has 2 aromatic rings. The van der Waals surface area contributed by atoms with Gasteiger partial charge in [0.15, 0.2) is 0 Å². The van der Waals surface area contributed by atoms with E-state index in [4.69, 9.17) is 4.74 Å². The maximum atomic E-state index is 11.9. The summed E-state index contributed by atoms with van der Waals surface area (Å²) in [4.78, 5) is 12.6. The Bertz CT molecular complexity index is 478. The van der Waals surface area contributed by atoms with Gasteiger partial charge in [-0.25, -0.2) is 0 Å². The van der Waals surface area contributed by atoms with E-state index in [9.17, 15) is 4.79 Å². The first-order valence-corrected chi connectivity index (χ1v) is 7.46. The molecule has 2 rings (SSSR count). The maximum absolute atomic E-state index is 11.9. The van der Waals surface area contributed by atoms with E-state index in [0.717, 1.165) is 18.0 Å². The highest BCUT2D eigenvalue weighted by molar-refractivity contribution is 7.27. The topological polar surface area (TPSA) is 50.4 Å². The minimum Gasteiger partial charge on any atom is -0.383 e. The van der Waals surface area contributed by atoms with Crippen molar-refractivity contribution in [2.24, 2.45) is 0 Å². The second kappa shape index (κ2) is 6.84. The van der Waals surface area contributed by atoms with Gasteiger partial charge in [0.2, 0.25) is 0 Å². The standard InChI is InChI=1S/C12H16N2O2S2/c1-16-6-5-13-3-4-14-12(15)11-8-10-9(18-11)2-7-17-10/h2,7-8,13H,3-6H2,1H3,(H,14,15). The van der Waals surface area contributed by atoms with Gasteiger partial charge in [0.1, 0.15) is 0 Å². The molecular formula is C12H16N2O2S2. The molecule has 2 N–H and O–H groups in total. The first-order chi connectivity index (χ1) is 8.81. The van der Waals surface area contributed by atoms with Crippen LogP contribution in [0.1, 0.15) is 9.67 Å². The zero-order chi connectivity index (χ0) is 12.8. The fourth-order valence-electron chi connectivity index (χ4n) is 1.53. The maximum Gasteiger partial charge on any atom is 0.261 e. The SMILES string of the molecule is COCCNCCNC(=O)c1cc2sccc2s1. The average molecular weight is 284 g/mol. The van der Waals surface area contributed by atoms with Gasteiger partial charge in [-0.2, -0.15) is 0 Å². The smallest absolute Gasteiger partial charge is 0.261 e. The summed E-state index contributed by atoms with van der Waals surface area (Å²) < 4.78 is 7.28. The zero-order valence-corrected chi connectivity index (χ0v) is 11.8. The van der Waals surface area contributed by atoms with Gasteiger partial charge in [-0.3, -0.25) is 4.79 Å². The molecule has 0 saturated heterocycles. The lowest BCUT2D eigenvalue weighted by molar-refractivity contribution is 0.0958. The number of methoxy groups -OCH3 is 1. The summed E-state index contributed by atoms with van der Waals surface area (Å²) in [5.41, 5.74) is 0. The number of ether oxygens (including phenoxy) is 1. The molecule has 0 bridgehead atoms. The van der Waals surface area contributed by atoms with E-state index in [2.05, 4.69) is 10.6 Å². The molecule has 0 aliphatic carbocycles. The van der Waals surface area contributed by atoms with Crippen LogP contribution < -0.4 is 10.6 Å². The number of hydrogen-bond donors (Lipinski definition) is 2. The van der Waals surface area contributed by atoms with Crippen LogP contribution in [0.25, 0.3) is 9.40 Å². The quantitative estimate of drug-likeness (QED) is 0.764. The number of thiophene rings is 2. The Morgan fingerprint density at radius 1 is 1.33 bits per heavy atom. The van der Waals surface area contributed by atoms with Gasteiger partial charge in [0, 0.05) is 36.1 Å². The number of amides is 1. The van der Waals surface area contributed by atoms with Crippen molar-refractivity contribution in [2.75, 3.05) is 33.4 Å². The van der Waals surface area contributed by atoms with Gasteiger partial charge < -0.3 is 15.4 Å². The number of nitrogens with one attached hydrogen (secondary N) is 2. The molecule has 0 atom stereocenters. The Kier molecular flexibility index (Phi) is 5.12. The van der Waals surface area contributed by atoms with Crippen LogP contribution in [-0.4, -0.2) is 39.3 Å². The molecule has 98 valence electrons. The molecule has 4 nitrogen and oxygen atoms in total. The third-order valence-electron chi connectivity index (χ3n) is 2.43. The summed E-state index contributed by atoms with van der Waals surface area (Å²) in [7, 11) is 1.67. The summed E-state index contributed by atoms with van der Waals surface area (Å²) in [5.74, 6) is 0.0111. The molecule has 6 heteroatoms. The first kappa shape index (κ1) is 13.5. The molecule has 0 aromatic carbocycles. The molecule has 0 radical (unpaired) electrons. The van der Waals surface area contributed by atoms with Crippen LogP contribution >= 0.6 is 22.7 Å². The van der Waals surface area contributed by atoms with Crippen molar-refractivity contribution in [2.45, 2.75) is 0 Å². The third kappa shape index (κ3) is 3.52. The van der Waals surface area contributed by atoms with E-state index in [0.29, 0.717) is 13.2 Å². The lowest BCUT2D eigenvalue weighted by Crippen LogP contribution is -2.32. The number of carbonyl (C=O) groups excluding carboxylic acids is 1. The molecule has 2 aromatic heterocycles. The molecule has 0 fully saturated rings. The Hall–Kier alpha value is -0.950. The van der Waals surface area contributed by atoms with Gasteiger partial charge in [-0.15, -0.1) is 22.7 Å². The molecule has 0 aliphatic heterocycles. The Labute approximate surface area is 114 Å². The minimum atomic E-state index is 0.0111. The Balaban J connectivity index is 1.73. The molecule has 2 heterocycles. The van der Waals surface area contributed by atoms with Crippen molar-refractivity contribution >= 4 is 38.0 Å². The highest BCUT2D eigenvalue weighted by Crippen LogP contribution is 2.29. The molecule has 0 aliphatic rings. The number of rotatable bonds is 7. The van der Waals surface area contributed by atoms with Crippen LogP contribution in [0, 0.1) is 0 Å². The molecule has 0 spiro atoms. The van der Waals surface area contributed by atoms with Crippen LogP contribution in [0.3, 0.4) is 0 Å². The second-order valence-corrected chi connectivity index (χ2v) is 5.79. The van der Waals surface area contributed by atoms with Crippen molar-refractivity contribution in [3.05, 3.63) is 22.4 Å². The summed E-state index contributed by atoms with van der Waals surface area (Å²) in [6.07, 6.45) is 0. The summed E-state index contributed by atoms with van der Waals surface area (Å²) in [6.45, 7) is 2.89. The molecule has 18 heavy (non-hydrogen) atoms. The highest BCUT2D eigenvalue weighted by Gasteiger charge is 2.09. The third-order valence-corrected chi connectivity index (χ3v) is 4.53. The number of fused-ring (bicyclic) bond motifs is 1.